The van der Waals surface area contributed by atoms with E-state index in [4.69, 9.17) is 5.73 Å². The topological polar surface area (TPSA) is 66.6 Å². The number of nitrogens with two attached hydrogens (primary N) is 1. The van der Waals surface area contributed by atoms with Gasteiger partial charge in [0.15, 0.2) is 0 Å². The van der Waals surface area contributed by atoms with Crippen molar-refractivity contribution in [1.29, 1.82) is 0 Å². The Bertz CT molecular complexity index is 617. The Morgan fingerprint density at radius 2 is 2.00 bits per heavy atom. The molecule has 0 amide bonds. The van der Waals surface area contributed by atoms with E-state index < -0.39 is 10.0 Å². The van der Waals surface area contributed by atoms with Crippen molar-refractivity contribution >= 4 is 15.7 Å². The fourth-order valence-corrected chi connectivity index (χ4v) is 5.08. The molecule has 1 aromatic rings. The predicted molar refractivity (Wildman–Crippen MR) is 84.2 cm³/mol. The molecule has 2 saturated heterocycles. The molecule has 21 heavy (non-hydrogen) atoms. The van der Waals surface area contributed by atoms with Gasteiger partial charge in [-0.15, -0.1) is 0 Å². The van der Waals surface area contributed by atoms with Crippen molar-refractivity contribution in [2.75, 3.05) is 25.9 Å². The lowest BCUT2D eigenvalue weighted by atomic mass is 10.1. The molecule has 1 aromatic carbocycles. The van der Waals surface area contributed by atoms with E-state index in [1.165, 1.54) is 6.42 Å². The molecule has 116 valence electrons. The predicted octanol–water partition coefficient (Wildman–Crippen LogP) is 1.27. The molecule has 2 bridgehead atoms. The van der Waals surface area contributed by atoms with Crippen LogP contribution in [0.5, 0.6) is 0 Å². The molecule has 2 aliphatic heterocycles. The van der Waals surface area contributed by atoms with Crippen LogP contribution in [0.15, 0.2) is 24.3 Å². The second-order valence-corrected chi connectivity index (χ2v) is 8.17. The van der Waals surface area contributed by atoms with E-state index >= 15 is 0 Å². The van der Waals surface area contributed by atoms with Crippen LogP contribution >= 0.6 is 0 Å². The largest absolute Gasteiger partial charge is 0.399 e. The van der Waals surface area contributed by atoms with Gasteiger partial charge < -0.3 is 5.73 Å². The van der Waals surface area contributed by atoms with Gasteiger partial charge in [0.2, 0.25) is 10.0 Å². The zero-order valence-electron chi connectivity index (χ0n) is 12.4. The van der Waals surface area contributed by atoms with Crippen LogP contribution in [0.2, 0.25) is 0 Å². The van der Waals surface area contributed by atoms with Crippen LogP contribution in [0.25, 0.3) is 0 Å². The number of likely N-dealkylation sites (N-methyl/N-ethyl adjacent to an activating group) is 1. The molecule has 0 spiro atoms. The number of nitrogens with zero attached hydrogens (tertiary/aromatic N) is 2. The highest BCUT2D eigenvalue weighted by molar-refractivity contribution is 7.88. The van der Waals surface area contributed by atoms with Gasteiger partial charge in [-0.2, -0.15) is 0 Å². The maximum absolute atomic E-state index is 12.7. The van der Waals surface area contributed by atoms with Crippen LogP contribution in [-0.4, -0.2) is 49.8 Å². The molecule has 5 nitrogen and oxygen atoms in total. The normalized spacial score (nSPS) is 27.7. The van der Waals surface area contributed by atoms with Crippen LogP contribution in [0.4, 0.5) is 5.69 Å². The van der Waals surface area contributed by atoms with Gasteiger partial charge in [0.1, 0.15) is 0 Å². The summed E-state index contributed by atoms with van der Waals surface area (Å²) in [6, 6.07) is 8.06. The lowest BCUT2D eigenvalue weighted by Gasteiger charge is -2.25. The van der Waals surface area contributed by atoms with Gasteiger partial charge >= 0.3 is 0 Å². The minimum Gasteiger partial charge on any atom is -0.399 e. The van der Waals surface area contributed by atoms with Crippen molar-refractivity contribution in [3.8, 4) is 0 Å². The molecule has 3 rings (SSSR count). The van der Waals surface area contributed by atoms with Crippen LogP contribution in [0.1, 0.15) is 24.8 Å². The Hall–Kier alpha value is -1.11. The zero-order chi connectivity index (χ0) is 15.0. The van der Waals surface area contributed by atoms with E-state index in [9.17, 15) is 8.42 Å². The highest BCUT2D eigenvalue weighted by Gasteiger charge is 2.38. The number of nitrogen functional groups attached to an aromatic ring is 1. The Morgan fingerprint density at radius 1 is 1.24 bits per heavy atom. The summed E-state index contributed by atoms with van der Waals surface area (Å²) in [7, 11) is -1.15. The molecule has 2 heterocycles. The van der Waals surface area contributed by atoms with Crippen molar-refractivity contribution in [3.05, 3.63) is 29.8 Å². The van der Waals surface area contributed by atoms with Crippen molar-refractivity contribution in [3.63, 3.8) is 0 Å². The van der Waals surface area contributed by atoms with Gasteiger partial charge in [-0.3, -0.25) is 4.90 Å². The monoisotopic (exact) mass is 309 g/mol. The Kier molecular flexibility index (Phi) is 3.94. The Morgan fingerprint density at radius 3 is 2.76 bits per heavy atom. The number of fused-ring (bicyclic) bond motifs is 2. The lowest BCUT2D eigenvalue weighted by Crippen LogP contribution is -2.40. The van der Waals surface area contributed by atoms with Gasteiger partial charge in [0.25, 0.3) is 0 Å². The van der Waals surface area contributed by atoms with Crippen molar-refractivity contribution in [2.45, 2.75) is 37.1 Å². The van der Waals surface area contributed by atoms with Gasteiger partial charge in [-0.1, -0.05) is 12.1 Å². The molecule has 2 N–H and O–H groups in total. The van der Waals surface area contributed by atoms with Crippen LogP contribution in [-0.2, 0) is 15.8 Å². The van der Waals surface area contributed by atoms with Gasteiger partial charge in [0.05, 0.1) is 5.75 Å². The Balaban J connectivity index is 1.76. The maximum Gasteiger partial charge on any atom is 0.218 e. The number of hydrogen-bond donors (Lipinski definition) is 1. The molecule has 0 aliphatic carbocycles. The summed E-state index contributed by atoms with van der Waals surface area (Å²) >= 11 is 0. The Labute approximate surface area is 126 Å². The van der Waals surface area contributed by atoms with Crippen LogP contribution < -0.4 is 5.73 Å². The van der Waals surface area contributed by atoms with Crippen molar-refractivity contribution in [1.82, 2.24) is 9.21 Å². The minimum atomic E-state index is -3.27. The maximum atomic E-state index is 12.7. The first-order valence-corrected chi connectivity index (χ1v) is 9.11. The molecule has 6 heteroatoms. The molecule has 0 aromatic heterocycles. The van der Waals surface area contributed by atoms with Crippen LogP contribution in [0.3, 0.4) is 0 Å². The number of hydrogen-bond acceptors (Lipinski definition) is 4. The van der Waals surface area contributed by atoms with Crippen molar-refractivity contribution in [2.24, 2.45) is 0 Å². The first kappa shape index (κ1) is 14.8. The molecule has 2 unspecified atom stereocenters. The summed E-state index contributed by atoms with van der Waals surface area (Å²) < 4.78 is 27.0. The van der Waals surface area contributed by atoms with E-state index in [0.717, 1.165) is 18.4 Å². The van der Waals surface area contributed by atoms with Crippen LogP contribution in [0, 0.1) is 0 Å². The molecular weight excluding hydrogens is 286 g/mol. The van der Waals surface area contributed by atoms with E-state index in [1.807, 2.05) is 6.07 Å². The molecule has 0 radical (unpaired) electrons. The highest BCUT2D eigenvalue weighted by Crippen LogP contribution is 2.30. The summed E-state index contributed by atoms with van der Waals surface area (Å²) in [6.07, 6.45) is 3.24. The summed E-state index contributed by atoms with van der Waals surface area (Å²) in [4.78, 5) is 2.36. The van der Waals surface area contributed by atoms with Gasteiger partial charge in [-0.05, 0) is 44.0 Å². The molecule has 2 atom stereocenters. The fraction of sp³-hybridized carbons (Fsp3) is 0.600. The molecular formula is C15H23N3O2S. The molecule has 2 aliphatic rings. The molecule has 0 saturated carbocycles. The smallest absolute Gasteiger partial charge is 0.218 e. The first-order chi connectivity index (χ1) is 9.95. The number of rotatable bonds is 3. The van der Waals surface area contributed by atoms with Crippen molar-refractivity contribution < 1.29 is 8.42 Å². The minimum absolute atomic E-state index is 0.0408. The summed E-state index contributed by atoms with van der Waals surface area (Å²) in [5.41, 5.74) is 7.10. The third-order valence-corrected chi connectivity index (χ3v) is 6.62. The summed E-state index contributed by atoms with van der Waals surface area (Å²) in [6.45, 7) is 1.26. The zero-order valence-corrected chi connectivity index (χ0v) is 13.2. The first-order valence-electron chi connectivity index (χ1n) is 7.50. The second-order valence-electron chi connectivity index (χ2n) is 6.20. The second kappa shape index (κ2) is 5.59. The number of benzene rings is 1. The van der Waals surface area contributed by atoms with E-state index in [0.29, 0.717) is 30.9 Å². The van der Waals surface area contributed by atoms with E-state index in [-0.39, 0.29) is 5.75 Å². The lowest BCUT2D eigenvalue weighted by molar-refractivity contribution is 0.246. The highest BCUT2D eigenvalue weighted by atomic mass is 32.2. The molecule has 2 fully saturated rings. The summed E-state index contributed by atoms with van der Waals surface area (Å²) in [5.74, 6) is 0.0408. The van der Waals surface area contributed by atoms with Gasteiger partial charge in [-0.25, -0.2) is 12.7 Å². The SMILES string of the molecule is CN1C2CCC1CN(S(=O)(=O)Cc1cccc(N)c1)CC2. The third kappa shape index (κ3) is 3.07. The fourth-order valence-electron chi connectivity index (χ4n) is 3.52. The van der Waals surface area contributed by atoms with E-state index in [2.05, 4.69) is 11.9 Å². The average molecular weight is 309 g/mol. The average Bonchev–Trinajstić information content (AvgIpc) is 2.61. The van der Waals surface area contributed by atoms with E-state index in [1.54, 1.807) is 22.5 Å². The van der Waals surface area contributed by atoms with Gasteiger partial charge in [0, 0.05) is 30.9 Å². The number of sulfonamides is 1. The number of anilines is 1. The third-order valence-electron chi connectivity index (χ3n) is 4.80. The standard InChI is InChI=1S/C15H23N3O2S/c1-17-14-5-6-15(17)10-18(8-7-14)21(19,20)11-12-3-2-4-13(16)9-12/h2-4,9,14-15H,5-8,10-11,16H2,1H3. The summed E-state index contributed by atoms with van der Waals surface area (Å²) in [5, 5.41) is 0. The quantitative estimate of drug-likeness (QED) is 0.854.